The van der Waals surface area contributed by atoms with E-state index >= 15 is 0 Å². The topological polar surface area (TPSA) is 99.4 Å². The van der Waals surface area contributed by atoms with Gasteiger partial charge in [0.05, 0.1) is 16.3 Å². The third-order valence-corrected chi connectivity index (χ3v) is 6.32. The Labute approximate surface area is 155 Å². The van der Waals surface area contributed by atoms with Gasteiger partial charge in [-0.3, -0.25) is 0 Å². The SMILES string of the molecule is CC1(C2(O)CCCC2)Cc2cc(OCC(=O)O)c(Cl)c(Cl)c2/C1=N\O. The second-order valence-electron chi connectivity index (χ2n) is 6.92. The molecule has 1 aromatic carbocycles. The number of fused-ring (bicyclic) bond motifs is 1. The van der Waals surface area contributed by atoms with E-state index in [2.05, 4.69) is 5.16 Å². The predicted molar refractivity (Wildman–Crippen MR) is 93.1 cm³/mol. The van der Waals surface area contributed by atoms with E-state index in [1.54, 1.807) is 6.07 Å². The Hall–Kier alpha value is -1.50. The third kappa shape index (κ3) is 2.76. The van der Waals surface area contributed by atoms with E-state index < -0.39 is 23.6 Å². The lowest BCUT2D eigenvalue weighted by Gasteiger charge is -2.40. The lowest BCUT2D eigenvalue weighted by atomic mass is 9.69. The number of nitrogens with zero attached hydrogens (tertiary/aromatic N) is 1. The van der Waals surface area contributed by atoms with E-state index in [-0.39, 0.29) is 15.8 Å². The number of hydrogen-bond acceptors (Lipinski definition) is 5. The number of aliphatic carboxylic acids is 1. The van der Waals surface area contributed by atoms with Crippen molar-refractivity contribution in [2.75, 3.05) is 6.61 Å². The Morgan fingerprint density at radius 3 is 2.52 bits per heavy atom. The van der Waals surface area contributed by atoms with Gasteiger partial charge in [0.25, 0.3) is 0 Å². The van der Waals surface area contributed by atoms with Crippen LogP contribution in [0.5, 0.6) is 5.75 Å². The normalized spacial score (nSPS) is 26.0. The van der Waals surface area contributed by atoms with Crippen molar-refractivity contribution in [2.45, 2.75) is 44.6 Å². The molecule has 2 aliphatic rings. The van der Waals surface area contributed by atoms with Crippen LogP contribution in [0.2, 0.25) is 10.0 Å². The van der Waals surface area contributed by atoms with Crippen LogP contribution in [0.25, 0.3) is 0 Å². The summed E-state index contributed by atoms with van der Waals surface area (Å²) in [5.74, 6) is -0.969. The quantitative estimate of drug-likeness (QED) is 0.542. The van der Waals surface area contributed by atoms with Gasteiger partial charge in [-0.25, -0.2) is 4.79 Å². The highest BCUT2D eigenvalue weighted by molar-refractivity contribution is 6.45. The molecule has 0 saturated heterocycles. The Balaban J connectivity index is 2.08. The van der Waals surface area contributed by atoms with Gasteiger partial charge in [-0.05, 0) is 30.9 Å². The van der Waals surface area contributed by atoms with Crippen LogP contribution in [0, 0.1) is 5.41 Å². The zero-order valence-electron chi connectivity index (χ0n) is 13.7. The van der Waals surface area contributed by atoms with Gasteiger partial charge in [-0.15, -0.1) is 0 Å². The number of carboxylic acid groups (broad SMARTS) is 1. The number of aliphatic hydroxyl groups is 1. The molecule has 1 aromatic rings. The van der Waals surface area contributed by atoms with Gasteiger partial charge in [0.2, 0.25) is 0 Å². The van der Waals surface area contributed by atoms with Crippen LogP contribution in [-0.2, 0) is 11.2 Å². The minimum absolute atomic E-state index is 0.0606. The van der Waals surface area contributed by atoms with Crippen molar-refractivity contribution in [3.63, 3.8) is 0 Å². The summed E-state index contributed by atoms with van der Waals surface area (Å²) in [6.07, 6.45) is 3.44. The lowest BCUT2D eigenvalue weighted by Crippen LogP contribution is -2.48. The molecule has 0 bridgehead atoms. The number of carboxylic acids is 1. The molecule has 8 heteroatoms. The molecule has 0 radical (unpaired) electrons. The predicted octanol–water partition coefficient (Wildman–Crippen LogP) is 3.50. The van der Waals surface area contributed by atoms with E-state index in [0.717, 1.165) is 12.8 Å². The number of benzene rings is 1. The van der Waals surface area contributed by atoms with Crippen molar-refractivity contribution in [3.05, 3.63) is 27.2 Å². The number of halogens is 2. The van der Waals surface area contributed by atoms with Crippen molar-refractivity contribution < 1.29 is 25.0 Å². The molecule has 0 amide bonds. The van der Waals surface area contributed by atoms with E-state index in [1.165, 1.54) is 0 Å². The Morgan fingerprint density at radius 1 is 1.32 bits per heavy atom. The van der Waals surface area contributed by atoms with Crippen molar-refractivity contribution in [1.29, 1.82) is 0 Å². The summed E-state index contributed by atoms with van der Waals surface area (Å²) in [5.41, 5.74) is -0.293. The molecule has 6 nitrogen and oxygen atoms in total. The van der Waals surface area contributed by atoms with Crippen LogP contribution in [0.15, 0.2) is 11.2 Å². The zero-order valence-corrected chi connectivity index (χ0v) is 15.2. The second kappa shape index (κ2) is 6.34. The maximum atomic E-state index is 11.2. The minimum atomic E-state index is -1.13. The highest BCUT2D eigenvalue weighted by Crippen LogP contribution is 2.54. The van der Waals surface area contributed by atoms with Gasteiger partial charge in [-0.2, -0.15) is 0 Å². The molecule has 0 aliphatic heterocycles. The monoisotopic (exact) mass is 387 g/mol. The first kappa shape index (κ1) is 18.3. The molecule has 0 heterocycles. The highest BCUT2D eigenvalue weighted by Gasteiger charge is 2.56. The van der Waals surface area contributed by atoms with Crippen LogP contribution in [-0.4, -0.2) is 39.3 Å². The van der Waals surface area contributed by atoms with Gasteiger partial charge in [0, 0.05) is 11.0 Å². The smallest absolute Gasteiger partial charge is 0.341 e. The largest absolute Gasteiger partial charge is 0.480 e. The van der Waals surface area contributed by atoms with Gasteiger partial charge in [-0.1, -0.05) is 48.1 Å². The summed E-state index contributed by atoms with van der Waals surface area (Å²) in [6.45, 7) is 1.31. The molecule has 2 aliphatic carbocycles. The van der Waals surface area contributed by atoms with Crippen molar-refractivity contribution in [3.8, 4) is 5.75 Å². The first-order valence-electron chi connectivity index (χ1n) is 8.04. The third-order valence-electron chi connectivity index (χ3n) is 5.47. The first-order chi connectivity index (χ1) is 11.7. The average Bonchev–Trinajstić information content (AvgIpc) is 3.12. The summed E-state index contributed by atoms with van der Waals surface area (Å²) in [6, 6.07) is 1.61. The first-order valence-corrected chi connectivity index (χ1v) is 8.80. The Bertz CT molecular complexity index is 758. The summed E-state index contributed by atoms with van der Waals surface area (Å²) in [4.78, 5) is 10.7. The maximum absolute atomic E-state index is 11.2. The molecule has 1 atom stereocenters. The van der Waals surface area contributed by atoms with E-state index in [4.69, 9.17) is 33.0 Å². The van der Waals surface area contributed by atoms with E-state index in [9.17, 15) is 15.1 Å². The summed E-state index contributed by atoms with van der Waals surface area (Å²) < 4.78 is 5.21. The van der Waals surface area contributed by atoms with Crippen LogP contribution in [0.1, 0.15) is 43.7 Å². The Kier molecular flexibility index (Phi) is 4.64. The van der Waals surface area contributed by atoms with E-state index in [1.807, 2.05) is 6.92 Å². The second-order valence-corrected chi connectivity index (χ2v) is 7.67. The van der Waals surface area contributed by atoms with Crippen LogP contribution >= 0.6 is 23.2 Å². The maximum Gasteiger partial charge on any atom is 0.341 e. The van der Waals surface area contributed by atoms with Gasteiger partial charge in [0.1, 0.15) is 10.8 Å². The van der Waals surface area contributed by atoms with Crippen molar-refractivity contribution >= 4 is 34.9 Å². The van der Waals surface area contributed by atoms with Crippen molar-refractivity contribution in [1.82, 2.24) is 0 Å². The number of oxime groups is 1. The zero-order chi connectivity index (χ0) is 18.4. The standard InChI is InChI=1S/C17H19Cl2NO5/c1-16(17(23)4-2-3-5-17)7-9-6-10(25-8-11(21)22)13(18)14(19)12(9)15(16)20-24/h6,23-24H,2-5,7-8H2,1H3,(H,21,22)/b20-15+. The average molecular weight is 388 g/mol. The van der Waals surface area contributed by atoms with Crippen molar-refractivity contribution in [2.24, 2.45) is 10.6 Å². The molecule has 136 valence electrons. The number of ether oxygens (including phenoxy) is 1. The van der Waals surface area contributed by atoms with Crippen LogP contribution in [0.4, 0.5) is 0 Å². The molecular weight excluding hydrogens is 369 g/mol. The molecule has 0 aromatic heterocycles. The molecular formula is C17H19Cl2NO5. The fraction of sp³-hybridized carbons (Fsp3) is 0.529. The molecule has 0 spiro atoms. The Morgan fingerprint density at radius 2 is 1.96 bits per heavy atom. The summed E-state index contributed by atoms with van der Waals surface area (Å²) >= 11 is 12.6. The van der Waals surface area contributed by atoms with Gasteiger partial charge >= 0.3 is 5.97 Å². The van der Waals surface area contributed by atoms with Gasteiger partial charge < -0.3 is 20.2 Å². The fourth-order valence-electron chi connectivity index (χ4n) is 4.09. The molecule has 1 unspecified atom stereocenters. The number of carbonyl (C=O) groups is 1. The summed E-state index contributed by atoms with van der Waals surface area (Å²) in [5, 5.41) is 33.2. The molecule has 1 fully saturated rings. The minimum Gasteiger partial charge on any atom is -0.480 e. The number of rotatable bonds is 4. The number of hydrogen-bond donors (Lipinski definition) is 3. The van der Waals surface area contributed by atoms with Crippen LogP contribution in [0.3, 0.4) is 0 Å². The fourth-order valence-corrected chi connectivity index (χ4v) is 4.60. The summed E-state index contributed by atoms with van der Waals surface area (Å²) in [7, 11) is 0. The molecule has 3 N–H and O–H groups in total. The molecule has 25 heavy (non-hydrogen) atoms. The highest BCUT2D eigenvalue weighted by atomic mass is 35.5. The lowest BCUT2D eigenvalue weighted by molar-refractivity contribution is -0.139. The van der Waals surface area contributed by atoms with E-state index in [0.29, 0.717) is 36.1 Å². The molecule has 1 saturated carbocycles. The molecule has 3 rings (SSSR count). The van der Waals surface area contributed by atoms with Crippen LogP contribution < -0.4 is 4.74 Å². The van der Waals surface area contributed by atoms with Gasteiger partial charge in [0.15, 0.2) is 6.61 Å².